The molecule has 1 aromatic heterocycles. The second-order valence-corrected chi connectivity index (χ2v) is 7.96. The molecule has 0 atom stereocenters. The first-order valence-corrected chi connectivity index (χ1v) is 11.1. The highest BCUT2D eigenvalue weighted by molar-refractivity contribution is 5.91. The van der Waals surface area contributed by atoms with Crippen molar-refractivity contribution in [3.8, 4) is 0 Å². The zero-order chi connectivity index (χ0) is 22.9. The van der Waals surface area contributed by atoms with Gasteiger partial charge in [0.1, 0.15) is 17.4 Å². The minimum atomic E-state index is -0.290. The molecular weight excluding hydrogens is 410 g/mol. The van der Waals surface area contributed by atoms with Gasteiger partial charge >= 0.3 is 0 Å². The molecule has 0 unspecified atom stereocenters. The maximum absolute atomic E-state index is 13.7. The van der Waals surface area contributed by atoms with Crippen LogP contribution in [0, 0.1) is 11.6 Å². The van der Waals surface area contributed by atoms with Crippen molar-refractivity contribution >= 4 is 5.91 Å². The Bertz CT molecular complexity index is 995. The molecule has 3 rings (SSSR count). The molecule has 1 heterocycles. The third-order valence-corrected chi connectivity index (χ3v) is 5.14. The summed E-state index contributed by atoms with van der Waals surface area (Å²) in [6.07, 6.45) is 1.77. The number of rotatable bonds is 11. The largest absolute Gasteiger partial charge is 0.455 e. The summed E-state index contributed by atoms with van der Waals surface area (Å²) in [4.78, 5) is 16.7. The molecule has 1 amide bonds. The molecule has 0 saturated heterocycles. The number of furan rings is 1. The minimum absolute atomic E-state index is 0.102. The summed E-state index contributed by atoms with van der Waals surface area (Å²) >= 11 is 0. The maximum atomic E-state index is 13.7. The summed E-state index contributed by atoms with van der Waals surface area (Å²) < 4.78 is 32.9. The fraction of sp³-hybridized carbons (Fsp3) is 0.346. The number of carbonyl (C=O) groups excluding carboxylic acids is 1. The summed E-state index contributed by atoms with van der Waals surface area (Å²) in [5.74, 6) is 0.301. The number of hydrogen-bond donors (Lipinski definition) is 0. The van der Waals surface area contributed by atoms with Gasteiger partial charge in [-0.05, 0) is 60.4 Å². The quantitative estimate of drug-likeness (QED) is 0.366. The maximum Gasteiger partial charge on any atom is 0.289 e. The first-order chi connectivity index (χ1) is 15.5. The molecular formula is C26H30F2N2O2. The average molecular weight is 441 g/mol. The summed E-state index contributed by atoms with van der Waals surface area (Å²) in [5.41, 5.74) is 1.76. The third-order valence-electron chi connectivity index (χ3n) is 5.14. The lowest BCUT2D eigenvalue weighted by molar-refractivity contribution is 0.0719. The second-order valence-electron chi connectivity index (χ2n) is 7.96. The SMILES string of the molecule is CCCN(CCC)C(=O)c1ccc(CN(Cc2ccc(F)cc2)Cc2cccc(F)c2)o1. The number of hydrogen-bond acceptors (Lipinski definition) is 3. The monoisotopic (exact) mass is 440 g/mol. The number of carbonyl (C=O) groups is 1. The van der Waals surface area contributed by atoms with E-state index in [9.17, 15) is 13.6 Å². The van der Waals surface area contributed by atoms with Crippen LogP contribution in [-0.4, -0.2) is 28.8 Å². The van der Waals surface area contributed by atoms with Gasteiger partial charge in [0, 0.05) is 26.2 Å². The molecule has 0 spiro atoms. The second kappa shape index (κ2) is 11.6. The molecule has 0 aliphatic heterocycles. The van der Waals surface area contributed by atoms with E-state index in [1.165, 1.54) is 24.3 Å². The molecule has 3 aromatic rings. The van der Waals surface area contributed by atoms with Crippen LogP contribution in [-0.2, 0) is 19.6 Å². The standard InChI is InChI=1S/C26H30F2N2O2/c1-3-14-30(15-4-2)26(31)25-13-12-24(32-25)19-29(17-20-8-10-22(27)11-9-20)18-21-6-5-7-23(28)16-21/h5-13,16H,3-4,14-15,17-19H2,1-2H3. The summed E-state index contributed by atoms with van der Waals surface area (Å²) in [5, 5.41) is 0. The highest BCUT2D eigenvalue weighted by Crippen LogP contribution is 2.18. The van der Waals surface area contributed by atoms with Crippen molar-refractivity contribution in [2.24, 2.45) is 0 Å². The summed E-state index contributed by atoms with van der Waals surface area (Å²) in [7, 11) is 0. The Balaban J connectivity index is 1.76. The van der Waals surface area contributed by atoms with Gasteiger partial charge in [0.05, 0.1) is 6.54 Å². The molecule has 0 bridgehead atoms. The van der Waals surface area contributed by atoms with Crippen molar-refractivity contribution in [1.82, 2.24) is 9.80 Å². The van der Waals surface area contributed by atoms with Crippen LogP contribution in [0.2, 0.25) is 0 Å². The Kier molecular flexibility index (Phi) is 8.56. The molecule has 32 heavy (non-hydrogen) atoms. The Morgan fingerprint density at radius 1 is 0.812 bits per heavy atom. The fourth-order valence-corrected chi connectivity index (χ4v) is 3.72. The van der Waals surface area contributed by atoms with Gasteiger partial charge in [-0.25, -0.2) is 8.78 Å². The molecule has 0 fully saturated rings. The summed E-state index contributed by atoms with van der Waals surface area (Å²) in [6.45, 7) is 6.92. The molecule has 4 nitrogen and oxygen atoms in total. The fourth-order valence-electron chi connectivity index (χ4n) is 3.72. The van der Waals surface area contributed by atoms with E-state index in [0.717, 1.165) is 24.0 Å². The Morgan fingerprint density at radius 2 is 1.50 bits per heavy atom. The lowest BCUT2D eigenvalue weighted by Gasteiger charge is -2.22. The first kappa shape index (κ1) is 23.7. The zero-order valence-corrected chi connectivity index (χ0v) is 18.7. The van der Waals surface area contributed by atoms with Gasteiger partial charge in [-0.2, -0.15) is 0 Å². The van der Waals surface area contributed by atoms with E-state index < -0.39 is 0 Å². The highest BCUT2D eigenvalue weighted by Gasteiger charge is 2.19. The van der Waals surface area contributed by atoms with Gasteiger partial charge in [0.15, 0.2) is 5.76 Å². The number of halogens is 2. The van der Waals surface area contributed by atoms with Gasteiger partial charge in [-0.3, -0.25) is 9.69 Å². The predicted octanol–water partition coefficient (Wildman–Crippen LogP) is 6.02. The van der Waals surface area contributed by atoms with Crippen molar-refractivity contribution in [2.75, 3.05) is 13.1 Å². The van der Waals surface area contributed by atoms with E-state index in [-0.39, 0.29) is 17.5 Å². The molecule has 2 aromatic carbocycles. The van der Waals surface area contributed by atoms with Crippen molar-refractivity contribution < 1.29 is 18.0 Å². The van der Waals surface area contributed by atoms with Crippen LogP contribution in [0.15, 0.2) is 65.1 Å². The molecule has 0 N–H and O–H groups in total. The number of nitrogens with zero attached hydrogens (tertiary/aromatic N) is 2. The van der Waals surface area contributed by atoms with E-state index in [2.05, 4.69) is 4.90 Å². The molecule has 0 aliphatic carbocycles. The number of amides is 1. The Labute approximate surface area is 188 Å². The van der Waals surface area contributed by atoms with Crippen LogP contribution >= 0.6 is 0 Å². The van der Waals surface area contributed by atoms with E-state index in [4.69, 9.17) is 4.42 Å². The molecule has 6 heteroatoms. The van der Waals surface area contributed by atoms with E-state index in [1.54, 1.807) is 24.3 Å². The third kappa shape index (κ3) is 6.76. The van der Waals surface area contributed by atoms with Gasteiger partial charge in [0.25, 0.3) is 5.91 Å². The van der Waals surface area contributed by atoms with E-state index in [1.807, 2.05) is 30.9 Å². The molecule has 0 aliphatic rings. The normalized spacial score (nSPS) is 11.2. The smallest absolute Gasteiger partial charge is 0.289 e. The van der Waals surface area contributed by atoms with Crippen LogP contribution in [0.25, 0.3) is 0 Å². The molecule has 0 saturated carbocycles. The van der Waals surface area contributed by atoms with Crippen LogP contribution in [0.3, 0.4) is 0 Å². The van der Waals surface area contributed by atoms with Gasteiger partial charge in [-0.1, -0.05) is 38.1 Å². The molecule has 170 valence electrons. The lowest BCUT2D eigenvalue weighted by Crippen LogP contribution is -2.32. The van der Waals surface area contributed by atoms with Gasteiger partial charge in [0.2, 0.25) is 0 Å². The van der Waals surface area contributed by atoms with Crippen molar-refractivity contribution in [3.05, 3.63) is 94.9 Å². The van der Waals surface area contributed by atoms with E-state index in [0.29, 0.717) is 44.2 Å². The highest BCUT2D eigenvalue weighted by atomic mass is 19.1. The first-order valence-electron chi connectivity index (χ1n) is 11.1. The van der Waals surface area contributed by atoms with Crippen LogP contribution in [0.1, 0.15) is 54.1 Å². The van der Waals surface area contributed by atoms with Gasteiger partial charge < -0.3 is 9.32 Å². The lowest BCUT2D eigenvalue weighted by atomic mass is 10.1. The topological polar surface area (TPSA) is 36.7 Å². The van der Waals surface area contributed by atoms with Crippen LogP contribution < -0.4 is 0 Å². The predicted molar refractivity (Wildman–Crippen MR) is 121 cm³/mol. The molecule has 0 radical (unpaired) electrons. The Hall–Kier alpha value is -2.99. The average Bonchev–Trinajstić information content (AvgIpc) is 3.23. The van der Waals surface area contributed by atoms with E-state index >= 15 is 0 Å². The Morgan fingerprint density at radius 3 is 2.16 bits per heavy atom. The van der Waals surface area contributed by atoms with Crippen molar-refractivity contribution in [3.63, 3.8) is 0 Å². The summed E-state index contributed by atoms with van der Waals surface area (Å²) in [6, 6.07) is 16.3. The number of benzene rings is 2. The van der Waals surface area contributed by atoms with Crippen LogP contribution in [0.5, 0.6) is 0 Å². The minimum Gasteiger partial charge on any atom is -0.455 e. The van der Waals surface area contributed by atoms with Crippen LogP contribution in [0.4, 0.5) is 8.78 Å². The van der Waals surface area contributed by atoms with Crippen molar-refractivity contribution in [1.29, 1.82) is 0 Å². The zero-order valence-electron chi connectivity index (χ0n) is 18.7. The van der Waals surface area contributed by atoms with Gasteiger partial charge in [-0.15, -0.1) is 0 Å². The van der Waals surface area contributed by atoms with Crippen molar-refractivity contribution in [2.45, 2.75) is 46.3 Å².